The summed E-state index contributed by atoms with van der Waals surface area (Å²) in [5, 5.41) is 17.7. The Morgan fingerprint density at radius 3 is 2.86 bits per heavy atom. The second kappa shape index (κ2) is 3.64. The van der Waals surface area contributed by atoms with Crippen molar-refractivity contribution in [3.8, 4) is 0 Å². The van der Waals surface area contributed by atoms with E-state index in [4.69, 9.17) is 14.5 Å². The van der Waals surface area contributed by atoms with Gasteiger partial charge in [-0.25, -0.2) is 4.98 Å². The van der Waals surface area contributed by atoms with Gasteiger partial charge in [-0.3, -0.25) is 0 Å². The number of rotatable bonds is 2. The molecular weight excluding hydrogens is 201 g/mol. The zero-order valence-electron chi connectivity index (χ0n) is 7.47. The molecule has 72 valence electrons. The number of aromatic nitrogens is 1. The first-order chi connectivity index (χ1) is 6.70. The third kappa shape index (κ3) is 1.64. The minimum absolute atomic E-state index is 0.0711. The third-order valence-electron chi connectivity index (χ3n) is 1.83. The van der Waals surface area contributed by atoms with Crippen LogP contribution in [0.2, 0.25) is 0 Å². The van der Waals surface area contributed by atoms with Crippen LogP contribution in [0.25, 0.3) is 11.1 Å². The largest absolute Gasteiger partial charge is 0.548 e. The average Bonchev–Trinajstić information content (AvgIpc) is 2.59. The standard InChI is InChI=1S/C8H8BNO3S/c1-14-5-2-3-7-6(4-5)10-8(13-7)9(11)12/h2-4,11-12H,1H3. The van der Waals surface area contributed by atoms with Crippen LogP contribution in [-0.2, 0) is 0 Å². The van der Waals surface area contributed by atoms with Crippen molar-refractivity contribution in [2.24, 2.45) is 0 Å². The molecule has 0 atom stereocenters. The number of fused-ring (bicyclic) bond motifs is 1. The Morgan fingerprint density at radius 2 is 2.21 bits per heavy atom. The first-order valence-corrected chi connectivity index (χ1v) is 5.24. The van der Waals surface area contributed by atoms with E-state index in [1.165, 1.54) is 0 Å². The monoisotopic (exact) mass is 209 g/mol. The summed E-state index contributed by atoms with van der Waals surface area (Å²) in [5.74, 6) is -0.0711. The molecule has 2 N–H and O–H groups in total. The third-order valence-corrected chi connectivity index (χ3v) is 2.56. The van der Waals surface area contributed by atoms with Gasteiger partial charge in [-0.15, -0.1) is 11.8 Å². The van der Waals surface area contributed by atoms with Crippen molar-refractivity contribution in [1.29, 1.82) is 0 Å². The predicted octanol–water partition coefficient (Wildman–Crippen LogP) is 0.229. The van der Waals surface area contributed by atoms with E-state index < -0.39 is 7.12 Å². The fraction of sp³-hybridized carbons (Fsp3) is 0.125. The Hall–Kier alpha value is -0.975. The number of benzene rings is 1. The van der Waals surface area contributed by atoms with Gasteiger partial charge in [0, 0.05) is 4.90 Å². The normalized spacial score (nSPS) is 10.8. The smallest absolute Gasteiger partial charge is 0.444 e. The lowest BCUT2D eigenvalue weighted by Gasteiger charge is -1.92. The van der Waals surface area contributed by atoms with Crippen molar-refractivity contribution in [3.05, 3.63) is 18.2 Å². The van der Waals surface area contributed by atoms with Crippen LogP contribution in [0.3, 0.4) is 0 Å². The van der Waals surface area contributed by atoms with Crippen molar-refractivity contribution in [2.45, 2.75) is 4.90 Å². The fourth-order valence-electron chi connectivity index (χ4n) is 1.16. The van der Waals surface area contributed by atoms with Gasteiger partial charge in [0.1, 0.15) is 5.52 Å². The lowest BCUT2D eigenvalue weighted by molar-refractivity contribution is 0.409. The second-order valence-corrected chi connectivity index (χ2v) is 3.64. The van der Waals surface area contributed by atoms with Crippen LogP contribution in [0.1, 0.15) is 0 Å². The minimum atomic E-state index is -1.65. The van der Waals surface area contributed by atoms with Crippen LogP contribution < -0.4 is 5.79 Å². The van der Waals surface area contributed by atoms with E-state index in [0.29, 0.717) is 11.1 Å². The number of hydrogen-bond donors (Lipinski definition) is 2. The minimum Gasteiger partial charge on any atom is -0.444 e. The van der Waals surface area contributed by atoms with Crippen molar-refractivity contribution in [2.75, 3.05) is 6.26 Å². The van der Waals surface area contributed by atoms with Gasteiger partial charge in [0.15, 0.2) is 5.58 Å². The molecule has 2 rings (SSSR count). The maximum absolute atomic E-state index is 8.85. The van der Waals surface area contributed by atoms with Gasteiger partial charge in [-0.2, -0.15) is 0 Å². The number of nitrogens with zero attached hydrogens (tertiary/aromatic N) is 1. The molecule has 6 heteroatoms. The van der Waals surface area contributed by atoms with Gasteiger partial charge in [0.05, 0.1) is 0 Å². The molecule has 0 saturated carbocycles. The summed E-state index contributed by atoms with van der Waals surface area (Å²) < 4.78 is 5.11. The van der Waals surface area contributed by atoms with E-state index in [1.54, 1.807) is 17.8 Å². The van der Waals surface area contributed by atoms with Gasteiger partial charge in [0.25, 0.3) is 0 Å². The highest BCUT2D eigenvalue weighted by Gasteiger charge is 2.19. The molecule has 0 fully saturated rings. The number of thioether (sulfide) groups is 1. The molecule has 0 bridgehead atoms. The number of oxazole rings is 1. The van der Waals surface area contributed by atoms with Gasteiger partial charge < -0.3 is 14.5 Å². The Balaban J connectivity index is 2.54. The molecule has 14 heavy (non-hydrogen) atoms. The lowest BCUT2D eigenvalue weighted by atomic mass is 9.93. The molecule has 4 nitrogen and oxygen atoms in total. The SMILES string of the molecule is CSc1ccc2oc(B(O)O)nc2c1. The zero-order valence-corrected chi connectivity index (χ0v) is 8.28. The summed E-state index contributed by atoms with van der Waals surface area (Å²) in [6, 6.07) is 5.50. The van der Waals surface area contributed by atoms with E-state index in [-0.39, 0.29) is 5.79 Å². The molecule has 0 amide bonds. The molecule has 0 unspecified atom stereocenters. The van der Waals surface area contributed by atoms with Gasteiger partial charge in [-0.1, -0.05) is 0 Å². The highest BCUT2D eigenvalue weighted by molar-refractivity contribution is 7.98. The Kier molecular flexibility index (Phi) is 2.49. The van der Waals surface area contributed by atoms with Crippen LogP contribution in [0.5, 0.6) is 0 Å². The maximum atomic E-state index is 8.85. The highest BCUT2D eigenvalue weighted by atomic mass is 32.2. The van der Waals surface area contributed by atoms with Crippen molar-refractivity contribution >= 4 is 35.8 Å². The molecule has 0 radical (unpaired) electrons. The summed E-state index contributed by atoms with van der Waals surface area (Å²) in [6.45, 7) is 0. The number of hydrogen-bond acceptors (Lipinski definition) is 5. The maximum Gasteiger partial charge on any atom is 0.548 e. The summed E-state index contributed by atoms with van der Waals surface area (Å²) in [7, 11) is -1.65. The molecular formula is C8H8BNO3S. The summed E-state index contributed by atoms with van der Waals surface area (Å²) >= 11 is 1.59. The Bertz CT molecular complexity index is 457. The van der Waals surface area contributed by atoms with Crippen LogP contribution in [0.15, 0.2) is 27.5 Å². The molecule has 2 aromatic rings. The average molecular weight is 209 g/mol. The van der Waals surface area contributed by atoms with Crippen molar-refractivity contribution in [3.63, 3.8) is 0 Å². The second-order valence-electron chi connectivity index (χ2n) is 2.76. The van der Waals surface area contributed by atoms with Gasteiger partial charge >= 0.3 is 7.12 Å². The van der Waals surface area contributed by atoms with Crippen LogP contribution in [0.4, 0.5) is 0 Å². The fourth-order valence-corrected chi connectivity index (χ4v) is 1.60. The van der Waals surface area contributed by atoms with E-state index in [0.717, 1.165) is 4.90 Å². The molecule has 0 aliphatic carbocycles. The van der Waals surface area contributed by atoms with Crippen LogP contribution in [-0.4, -0.2) is 28.4 Å². The highest BCUT2D eigenvalue weighted by Crippen LogP contribution is 2.19. The van der Waals surface area contributed by atoms with E-state index in [2.05, 4.69) is 4.98 Å². The zero-order chi connectivity index (χ0) is 10.1. The quantitative estimate of drug-likeness (QED) is 0.547. The Labute approximate surface area is 85.1 Å². The lowest BCUT2D eigenvalue weighted by Crippen LogP contribution is -2.30. The van der Waals surface area contributed by atoms with Gasteiger partial charge in [-0.05, 0) is 24.5 Å². The first-order valence-electron chi connectivity index (χ1n) is 4.01. The summed E-state index contributed by atoms with van der Waals surface area (Å²) in [5.41, 5.74) is 1.20. The molecule has 0 aliphatic heterocycles. The van der Waals surface area contributed by atoms with E-state index in [9.17, 15) is 0 Å². The predicted molar refractivity (Wildman–Crippen MR) is 55.6 cm³/mol. The molecule has 1 heterocycles. The van der Waals surface area contributed by atoms with Gasteiger partial charge in [0.2, 0.25) is 5.79 Å². The molecule has 0 aliphatic rings. The first kappa shape index (κ1) is 9.58. The summed E-state index contributed by atoms with van der Waals surface area (Å²) in [6.07, 6.45) is 1.96. The molecule has 1 aromatic heterocycles. The van der Waals surface area contributed by atoms with E-state index in [1.807, 2.05) is 18.4 Å². The molecule has 0 saturated heterocycles. The Morgan fingerprint density at radius 1 is 1.43 bits per heavy atom. The topological polar surface area (TPSA) is 66.5 Å². The van der Waals surface area contributed by atoms with Crippen molar-refractivity contribution in [1.82, 2.24) is 4.98 Å². The van der Waals surface area contributed by atoms with Crippen LogP contribution >= 0.6 is 11.8 Å². The van der Waals surface area contributed by atoms with E-state index >= 15 is 0 Å². The summed E-state index contributed by atoms with van der Waals surface area (Å²) in [4.78, 5) is 5.00. The van der Waals surface area contributed by atoms with Crippen molar-refractivity contribution < 1.29 is 14.5 Å². The van der Waals surface area contributed by atoms with Crippen LogP contribution in [0, 0.1) is 0 Å². The molecule has 0 spiro atoms. The molecule has 1 aromatic carbocycles.